The number of hydrogen-bond acceptors (Lipinski definition) is 4. The van der Waals surface area contributed by atoms with Crippen LogP contribution in [0, 0.1) is 0 Å². The molecule has 0 saturated carbocycles. The van der Waals surface area contributed by atoms with Crippen LogP contribution in [0.2, 0.25) is 0 Å². The second-order valence-corrected chi connectivity index (χ2v) is 3.33. The molecular formula is C10H17N3O4. The molecule has 0 spiro atoms. The molecule has 0 fully saturated rings. The highest BCUT2D eigenvalue weighted by molar-refractivity contribution is 5.86. The van der Waals surface area contributed by atoms with E-state index in [9.17, 15) is 14.4 Å². The number of carbonyl (C=O) groups is 3. The van der Waals surface area contributed by atoms with E-state index in [0.29, 0.717) is 6.54 Å². The van der Waals surface area contributed by atoms with Crippen LogP contribution in [-0.4, -0.2) is 42.0 Å². The van der Waals surface area contributed by atoms with Crippen LogP contribution in [0.3, 0.4) is 0 Å². The van der Waals surface area contributed by atoms with E-state index in [1.807, 2.05) is 0 Å². The Bertz CT molecular complexity index is 304. The minimum absolute atomic E-state index is 0.0445. The van der Waals surface area contributed by atoms with Gasteiger partial charge < -0.3 is 21.5 Å². The van der Waals surface area contributed by atoms with Gasteiger partial charge in [-0.15, -0.1) is 0 Å². The lowest BCUT2D eigenvalue weighted by molar-refractivity contribution is -0.138. The van der Waals surface area contributed by atoms with Gasteiger partial charge in [0.25, 0.3) is 0 Å². The Morgan fingerprint density at radius 1 is 1.29 bits per heavy atom. The van der Waals surface area contributed by atoms with E-state index in [0.717, 1.165) is 6.08 Å². The molecule has 0 rings (SSSR count). The summed E-state index contributed by atoms with van der Waals surface area (Å²) in [7, 11) is 0. The van der Waals surface area contributed by atoms with Gasteiger partial charge in [-0.2, -0.15) is 0 Å². The van der Waals surface area contributed by atoms with E-state index in [-0.39, 0.29) is 31.2 Å². The maximum atomic E-state index is 11.2. The number of hydrogen-bond donors (Lipinski definition) is 4. The number of carboxylic acids is 1. The van der Waals surface area contributed by atoms with Gasteiger partial charge in [-0.3, -0.25) is 14.4 Å². The normalized spacial score (nSPS) is 11.4. The molecule has 0 aliphatic carbocycles. The van der Waals surface area contributed by atoms with Crippen LogP contribution in [0.1, 0.15) is 12.8 Å². The predicted molar refractivity (Wildman–Crippen MR) is 61.1 cm³/mol. The fourth-order valence-corrected chi connectivity index (χ4v) is 0.958. The summed E-state index contributed by atoms with van der Waals surface area (Å²) in [6.07, 6.45) is 1.26. The van der Waals surface area contributed by atoms with Gasteiger partial charge in [0.15, 0.2) is 0 Å². The molecule has 2 amide bonds. The van der Waals surface area contributed by atoms with Gasteiger partial charge >= 0.3 is 5.97 Å². The Labute approximate surface area is 99.1 Å². The van der Waals surface area contributed by atoms with Crippen molar-refractivity contribution >= 4 is 17.8 Å². The Kier molecular flexibility index (Phi) is 7.36. The van der Waals surface area contributed by atoms with E-state index >= 15 is 0 Å². The number of rotatable bonds is 8. The summed E-state index contributed by atoms with van der Waals surface area (Å²) < 4.78 is 0. The molecule has 0 aliphatic heterocycles. The third-order valence-corrected chi connectivity index (χ3v) is 1.93. The van der Waals surface area contributed by atoms with Crippen molar-refractivity contribution in [2.24, 2.45) is 5.73 Å². The van der Waals surface area contributed by atoms with Crippen LogP contribution in [0.4, 0.5) is 0 Å². The molecular weight excluding hydrogens is 226 g/mol. The highest BCUT2D eigenvalue weighted by Gasteiger charge is 2.12. The largest absolute Gasteiger partial charge is 0.480 e. The molecule has 0 saturated heterocycles. The molecule has 7 nitrogen and oxygen atoms in total. The summed E-state index contributed by atoms with van der Waals surface area (Å²) in [4.78, 5) is 32.3. The average Bonchev–Trinajstić information content (AvgIpc) is 2.30. The Morgan fingerprint density at radius 3 is 2.41 bits per heavy atom. The molecule has 0 aromatic rings. The van der Waals surface area contributed by atoms with E-state index in [1.165, 1.54) is 0 Å². The van der Waals surface area contributed by atoms with Gasteiger partial charge in [0.1, 0.15) is 6.04 Å². The molecule has 0 aromatic heterocycles. The van der Waals surface area contributed by atoms with E-state index < -0.39 is 12.0 Å². The van der Waals surface area contributed by atoms with Gasteiger partial charge in [-0.1, -0.05) is 6.58 Å². The molecule has 1 unspecified atom stereocenters. The highest BCUT2D eigenvalue weighted by Crippen LogP contribution is 1.94. The summed E-state index contributed by atoms with van der Waals surface area (Å²) in [5, 5.41) is 13.5. The molecule has 1 atom stereocenters. The minimum atomic E-state index is -1.13. The van der Waals surface area contributed by atoms with Gasteiger partial charge in [0.05, 0.1) is 0 Å². The molecule has 0 bridgehead atoms. The quantitative estimate of drug-likeness (QED) is 0.308. The predicted octanol–water partition coefficient (Wildman–Crippen LogP) is -1.40. The lowest BCUT2D eigenvalue weighted by Gasteiger charge is -2.07. The number of nitrogens with one attached hydrogen (secondary N) is 2. The molecule has 5 N–H and O–H groups in total. The summed E-state index contributed by atoms with van der Waals surface area (Å²) in [5.74, 6) is -1.74. The lowest BCUT2D eigenvalue weighted by Crippen LogP contribution is -2.36. The van der Waals surface area contributed by atoms with Gasteiger partial charge in [-0.25, -0.2) is 0 Å². The van der Waals surface area contributed by atoms with Crippen molar-refractivity contribution in [3.8, 4) is 0 Å². The van der Waals surface area contributed by atoms with Crippen molar-refractivity contribution in [1.82, 2.24) is 10.6 Å². The van der Waals surface area contributed by atoms with E-state index in [2.05, 4.69) is 17.2 Å². The first-order valence-corrected chi connectivity index (χ1v) is 5.12. The molecule has 17 heavy (non-hydrogen) atoms. The highest BCUT2D eigenvalue weighted by atomic mass is 16.4. The lowest BCUT2D eigenvalue weighted by atomic mass is 10.1. The monoisotopic (exact) mass is 243 g/mol. The van der Waals surface area contributed by atoms with Gasteiger partial charge in [0, 0.05) is 19.5 Å². The van der Waals surface area contributed by atoms with Crippen molar-refractivity contribution < 1.29 is 19.5 Å². The summed E-state index contributed by atoms with van der Waals surface area (Å²) >= 11 is 0. The smallest absolute Gasteiger partial charge is 0.320 e. The molecule has 0 aromatic carbocycles. The van der Waals surface area contributed by atoms with Crippen LogP contribution < -0.4 is 16.4 Å². The Morgan fingerprint density at radius 2 is 1.88 bits per heavy atom. The van der Waals surface area contributed by atoms with Crippen LogP contribution in [0.5, 0.6) is 0 Å². The van der Waals surface area contributed by atoms with Crippen molar-refractivity contribution in [3.05, 3.63) is 12.7 Å². The van der Waals surface area contributed by atoms with Gasteiger partial charge in [0.2, 0.25) is 11.8 Å². The van der Waals surface area contributed by atoms with Crippen molar-refractivity contribution in [3.63, 3.8) is 0 Å². The first kappa shape index (κ1) is 15.1. The molecule has 96 valence electrons. The topological polar surface area (TPSA) is 122 Å². The number of carboxylic acid groups (broad SMARTS) is 1. The zero-order valence-electron chi connectivity index (χ0n) is 9.44. The maximum Gasteiger partial charge on any atom is 0.320 e. The van der Waals surface area contributed by atoms with Crippen molar-refractivity contribution in [2.75, 3.05) is 13.1 Å². The number of carbonyl (C=O) groups excluding carboxylic acids is 2. The third-order valence-electron chi connectivity index (χ3n) is 1.93. The van der Waals surface area contributed by atoms with Gasteiger partial charge in [-0.05, 0) is 12.5 Å². The van der Waals surface area contributed by atoms with E-state index in [4.69, 9.17) is 10.8 Å². The summed E-state index contributed by atoms with van der Waals surface area (Å²) in [6.45, 7) is 3.84. The van der Waals surface area contributed by atoms with Crippen molar-refractivity contribution in [1.29, 1.82) is 0 Å². The second-order valence-electron chi connectivity index (χ2n) is 3.33. The number of nitrogens with two attached hydrogens (primary N) is 1. The summed E-state index contributed by atoms with van der Waals surface area (Å²) in [6, 6.07) is -1.03. The SMILES string of the molecule is C=CC(=O)NCCNC(=O)CCC(N)C(=O)O. The zero-order chi connectivity index (χ0) is 13.3. The van der Waals surface area contributed by atoms with E-state index in [1.54, 1.807) is 0 Å². The van der Waals surface area contributed by atoms with Crippen LogP contribution in [0.15, 0.2) is 12.7 Å². The summed E-state index contributed by atoms with van der Waals surface area (Å²) in [5.41, 5.74) is 5.23. The fraction of sp³-hybridized carbons (Fsp3) is 0.500. The standard InChI is InChI=1S/C10H17N3O4/c1-2-8(14)12-5-6-13-9(15)4-3-7(11)10(16)17/h2,7H,1,3-6,11H2,(H,12,14)(H,13,15)(H,16,17). The maximum absolute atomic E-state index is 11.2. The second kappa shape index (κ2) is 8.28. The number of amides is 2. The Hall–Kier alpha value is -1.89. The molecule has 0 aliphatic rings. The zero-order valence-corrected chi connectivity index (χ0v) is 9.44. The third kappa shape index (κ3) is 7.97. The Balaban J connectivity index is 3.57. The molecule has 0 heterocycles. The van der Waals surface area contributed by atoms with Crippen LogP contribution >= 0.6 is 0 Å². The first-order valence-electron chi connectivity index (χ1n) is 5.12. The number of aliphatic carboxylic acids is 1. The van der Waals surface area contributed by atoms with Crippen LogP contribution in [0.25, 0.3) is 0 Å². The average molecular weight is 243 g/mol. The minimum Gasteiger partial charge on any atom is -0.480 e. The first-order chi connectivity index (χ1) is 7.97. The molecule has 7 heteroatoms. The van der Waals surface area contributed by atoms with Crippen molar-refractivity contribution in [2.45, 2.75) is 18.9 Å². The molecule has 0 radical (unpaired) electrons. The fourth-order valence-electron chi connectivity index (χ4n) is 0.958. The van der Waals surface area contributed by atoms with Crippen LogP contribution in [-0.2, 0) is 14.4 Å².